The Morgan fingerprint density at radius 3 is 1.90 bits per heavy atom. The first-order valence-electron chi connectivity index (χ1n) is 16.6. The monoisotopic (exact) mass is 611 g/mol. The van der Waals surface area contributed by atoms with Crippen LogP contribution in [0.1, 0.15) is 18.1 Å². The summed E-state index contributed by atoms with van der Waals surface area (Å²) in [5.41, 5.74) is 9.28. The number of fused-ring (bicyclic) bond motifs is 8. The number of aliphatic imine (C=N–C) groups is 1. The van der Waals surface area contributed by atoms with Crippen LogP contribution in [0.5, 0.6) is 0 Å². The van der Waals surface area contributed by atoms with Crippen molar-refractivity contribution >= 4 is 65.3 Å². The predicted molar refractivity (Wildman–Crippen MR) is 208 cm³/mol. The van der Waals surface area contributed by atoms with Crippen LogP contribution >= 0.6 is 0 Å². The average Bonchev–Trinajstić information content (AvgIpc) is 3.15. The fourth-order valence-electron chi connectivity index (χ4n) is 7.52. The van der Waals surface area contributed by atoms with E-state index < -0.39 is 0 Å². The van der Waals surface area contributed by atoms with E-state index in [2.05, 4.69) is 172 Å². The minimum Gasteiger partial charge on any atom is -0.253 e. The molecule has 0 unspecified atom stereocenters. The Bertz CT molecular complexity index is 2730. The minimum atomic E-state index is 1.01. The molecular formula is C47H33N. The van der Waals surface area contributed by atoms with Gasteiger partial charge in [0.05, 0.1) is 5.69 Å². The molecule has 1 heteroatoms. The molecule has 9 aromatic carbocycles. The zero-order valence-electron chi connectivity index (χ0n) is 27.0. The fourth-order valence-corrected chi connectivity index (χ4v) is 7.52. The molecule has 0 aliphatic carbocycles. The molecule has 9 aromatic rings. The van der Waals surface area contributed by atoms with Crippen molar-refractivity contribution in [1.82, 2.24) is 0 Å². The van der Waals surface area contributed by atoms with E-state index >= 15 is 0 Å². The van der Waals surface area contributed by atoms with Crippen LogP contribution in [0.4, 0.5) is 5.69 Å². The highest BCUT2D eigenvalue weighted by atomic mass is 14.7. The van der Waals surface area contributed by atoms with Crippen LogP contribution in [-0.4, -0.2) is 5.71 Å². The molecular weight excluding hydrogens is 579 g/mol. The molecule has 9 rings (SSSR count). The van der Waals surface area contributed by atoms with Gasteiger partial charge in [-0.05, 0) is 125 Å². The van der Waals surface area contributed by atoms with Gasteiger partial charge in [-0.3, -0.25) is 4.99 Å². The molecule has 226 valence electrons. The van der Waals surface area contributed by atoms with Crippen LogP contribution in [0, 0.1) is 6.92 Å². The first-order chi connectivity index (χ1) is 23.6. The first-order valence-corrected chi connectivity index (χ1v) is 16.6. The normalized spacial score (nSPS) is 12.1. The van der Waals surface area contributed by atoms with Crippen molar-refractivity contribution in [1.29, 1.82) is 0 Å². The van der Waals surface area contributed by atoms with E-state index in [0.29, 0.717) is 0 Å². The molecule has 0 heterocycles. The quantitative estimate of drug-likeness (QED) is 0.139. The molecule has 0 N–H and O–H groups in total. The van der Waals surface area contributed by atoms with Crippen LogP contribution < -0.4 is 0 Å². The van der Waals surface area contributed by atoms with E-state index in [1.54, 1.807) is 0 Å². The Labute approximate surface area is 280 Å². The van der Waals surface area contributed by atoms with Gasteiger partial charge in [0.2, 0.25) is 0 Å². The summed E-state index contributed by atoms with van der Waals surface area (Å²) in [7, 11) is 0. The van der Waals surface area contributed by atoms with Gasteiger partial charge in [0.15, 0.2) is 0 Å². The summed E-state index contributed by atoms with van der Waals surface area (Å²) in [5, 5.41) is 12.7. The molecule has 48 heavy (non-hydrogen) atoms. The minimum absolute atomic E-state index is 1.01. The third-order valence-corrected chi connectivity index (χ3v) is 9.97. The first kappa shape index (κ1) is 28.2. The topological polar surface area (TPSA) is 12.4 Å². The van der Waals surface area contributed by atoms with Crippen molar-refractivity contribution < 1.29 is 0 Å². The lowest BCUT2D eigenvalue weighted by atomic mass is 9.89. The number of hydrogen-bond acceptors (Lipinski definition) is 1. The Morgan fingerprint density at radius 1 is 0.417 bits per heavy atom. The van der Waals surface area contributed by atoms with E-state index in [-0.39, 0.29) is 0 Å². The van der Waals surface area contributed by atoms with Gasteiger partial charge in [-0.25, -0.2) is 0 Å². The van der Waals surface area contributed by atoms with Gasteiger partial charge < -0.3 is 0 Å². The molecule has 0 spiro atoms. The second kappa shape index (κ2) is 11.3. The molecule has 0 bridgehead atoms. The number of nitrogens with zero attached hydrogens (tertiary/aromatic N) is 1. The summed E-state index contributed by atoms with van der Waals surface area (Å²) in [6, 6.07) is 59.6. The molecule has 1 nitrogen and oxygen atoms in total. The summed E-state index contributed by atoms with van der Waals surface area (Å²) in [6.07, 6.45) is 0. The highest BCUT2D eigenvalue weighted by Crippen LogP contribution is 2.40. The molecule has 0 radical (unpaired) electrons. The number of aryl methyl sites for hydroxylation is 1. The van der Waals surface area contributed by atoms with Crippen molar-refractivity contribution in [2.45, 2.75) is 13.8 Å². The average molecular weight is 612 g/mol. The molecule has 0 fully saturated rings. The van der Waals surface area contributed by atoms with Crippen LogP contribution in [0.2, 0.25) is 0 Å². The summed E-state index contributed by atoms with van der Waals surface area (Å²) >= 11 is 0. The summed E-state index contributed by atoms with van der Waals surface area (Å²) in [5.74, 6) is 0. The van der Waals surface area contributed by atoms with E-state index in [1.165, 1.54) is 81.7 Å². The largest absolute Gasteiger partial charge is 0.253 e. The van der Waals surface area contributed by atoms with Crippen molar-refractivity contribution in [3.63, 3.8) is 0 Å². The Hall–Kier alpha value is -6.05. The van der Waals surface area contributed by atoms with Crippen LogP contribution in [0.25, 0.3) is 76.1 Å². The van der Waals surface area contributed by atoms with Crippen molar-refractivity contribution in [3.8, 4) is 22.3 Å². The zero-order valence-corrected chi connectivity index (χ0v) is 27.0. The standard InChI is InChI=1S/C47H33N/c1-30-45(48-31(2)32-11-4-3-5-12-32)26-25-35-22-19-34-20-23-37(28-44(34)46(30)35)36-14-10-15-38(27-36)43-29-39-24-21-33-13-6-7-16-40(33)47(39)42-18-9-8-17-41(42)43/h3-29H,1-2H3. The molecule has 0 saturated heterocycles. The molecule has 0 aromatic heterocycles. The van der Waals surface area contributed by atoms with Gasteiger partial charge in [0, 0.05) is 5.71 Å². The van der Waals surface area contributed by atoms with Gasteiger partial charge in [0.1, 0.15) is 0 Å². The number of hydrogen-bond donors (Lipinski definition) is 0. The maximum absolute atomic E-state index is 5.09. The van der Waals surface area contributed by atoms with Crippen LogP contribution in [0.15, 0.2) is 169 Å². The van der Waals surface area contributed by atoms with Gasteiger partial charge in [0.25, 0.3) is 0 Å². The van der Waals surface area contributed by atoms with Crippen molar-refractivity contribution in [2.24, 2.45) is 4.99 Å². The Kier molecular flexibility index (Phi) is 6.66. The van der Waals surface area contributed by atoms with E-state index in [4.69, 9.17) is 4.99 Å². The number of benzene rings is 9. The lowest BCUT2D eigenvalue weighted by molar-refractivity contribution is 1.42. The lowest BCUT2D eigenvalue weighted by Gasteiger charge is -2.15. The second-order valence-electron chi connectivity index (χ2n) is 12.8. The molecule has 0 saturated carbocycles. The highest BCUT2D eigenvalue weighted by Gasteiger charge is 2.13. The highest BCUT2D eigenvalue weighted by molar-refractivity contribution is 6.23. The number of rotatable bonds is 4. The summed E-state index contributed by atoms with van der Waals surface area (Å²) in [6.45, 7) is 4.30. The molecule has 0 aliphatic rings. The van der Waals surface area contributed by atoms with E-state index in [1.807, 2.05) is 6.07 Å². The summed E-state index contributed by atoms with van der Waals surface area (Å²) < 4.78 is 0. The van der Waals surface area contributed by atoms with Gasteiger partial charge in [-0.1, -0.05) is 140 Å². The van der Waals surface area contributed by atoms with Crippen molar-refractivity contribution in [3.05, 3.63) is 175 Å². The third kappa shape index (κ3) is 4.67. The second-order valence-corrected chi connectivity index (χ2v) is 12.8. The van der Waals surface area contributed by atoms with Crippen LogP contribution in [0.3, 0.4) is 0 Å². The maximum atomic E-state index is 5.09. The predicted octanol–water partition coefficient (Wildman–Crippen LogP) is 13.2. The zero-order chi connectivity index (χ0) is 32.2. The molecule has 0 amide bonds. The molecule has 0 aliphatic heterocycles. The lowest BCUT2D eigenvalue weighted by Crippen LogP contribution is -1.93. The smallest absolute Gasteiger partial charge is 0.0668 e. The van der Waals surface area contributed by atoms with Crippen molar-refractivity contribution in [2.75, 3.05) is 0 Å². The third-order valence-electron chi connectivity index (χ3n) is 9.97. The van der Waals surface area contributed by atoms with Gasteiger partial charge in [-0.15, -0.1) is 0 Å². The van der Waals surface area contributed by atoms with Gasteiger partial charge >= 0.3 is 0 Å². The Morgan fingerprint density at radius 2 is 1.04 bits per heavy atom. The van der Waals surface area contributed by atoms with Gasteiger partial charge in [-0.2, -0.15) is 0 Å². The maximum Gasteiger partial charge on any atom is 0.0668 e. The van der Waals surface area contributed by atoms with Crippen LogP contribution in [-0.2, 0) is 0 Å². The Balaban J connectivity index is 1.19. The van der Waals surface area contributed by atoms with E-state index in [9.17, 15) is 0 Å². The SMILES string of the molecule is CC(=Nc1ccc2ccc3ccc(-c4cccc(-c5cc6ccc7ccccc7c6c6ccccc56)c4)cc3c2c1C)c1ccccc1. The summed E-state index contributed by atoms with van der Waals surface area (Å²) in [4.78, 5) is 5.09. The molecule has 0 atom stereocenters. The fraction of sp³-hybridized carbons (Fsp3) is 0.0426. The van der Waals surface area contributed by atoms with E-state index in [0.717, 1.165) is 17.0 Å².